The van der Waals surface area contributed by atoms with Gasteiger partial charge in [-0.15, -0.1) is 0 Å². The van der Waals surface area contributed by atoms with Crippen molar-refractivity contribution in [2.24, 2.45) is 0 Å². The molecule has 2 aliphatic rings. The zero-order valence-corrected chi connectivity index (χ0v) is 17.0. The maximum absolute atomic E-state index is 12.1. The van der Waals surface area contributed by atoms with Gasteiger partial charge in [0.15, 0.2) is 0 Å². The Hall–Kier alpha value is -2.17. The first-order chi connectivity index (χ1) is 13.6. The van der Waals surface area contributed by atoms with Gasteiger partial charge in [0.1, 0.15) is 6.61 Å². The van der Waals surface area contributed by atoms with E-state index in [4.69, 9.17) is 4.74 Å². The van der Waals surface area contributed by atoms with Gasteiger partial charge in [-0.3, -0.25) is 4.79 Å². The molecule has 0 saturated carbocycles. The summed E-state index contributed by atoms with van der Waals surface area (Å²) in [5, 5.41) is 0. The molecule has 4 rings (SSSR count). The van der Waals surface area contributed by atoms with Crippen LogP contribution in [-0.4, -0.2) is 48.6 Å². The van der Waals surface area contributed by atoms with Crippen LogP contribution in [-0.2, 0) is 29.0 Å². The van der Waals surface area contributed by atoms with Crippen molar-refractivity contribution in [3.05, 3.63) is 59.2 Å². The SMILES string of the molecule is COCC(=O)N1Cc2ccc(-c3ccc(CCN4CCCC4C)cc3)cc2C1. The highest BCUT2D eigenvalue weighted by Gasteiger charge is 2.23. The van der Waals surface area contributed by atoms with Crippen molar-refractivity contribution in [1.82, 2.24) is 9.80 Å². The number of amides is 1. The summed E-state index contributed by atoms with van der Waals surface area (Å²) >= 11 is 0. The number of methoxy groups -OCH3 is 1. The first kappa shape index (κ1) is 19.2. The molecule has 2 heterocycles. The molecule has 0 aromatic heterocycles. The third-order valence-corrected chi connectivity index (χ3v) is 6.21. The molecular weight excluding hydrogens is 348 g/mol. The van der Waals surface area contributed by atoms with Crippen molar-refractivity contribution in [3.8, 4) is 11.1 Å². The number of hydrogen-bond acceptors (Lipinski definition) is 3. The fraction of sp³-hybridized carbons (Fsp3) is 0.458. The van der Waals surface area contributed by atoms with E-state index in [1.54, 1.807) is 7.11 Å². The van der Waals surface area contributed by atoms with Gasteiger partial charge in [0.25, 0.3) is 0 Å². The van der Waals surface area contributed by atoms with Gasteiger partial charge < -0.3 is 14.5 Å². The Morgan fingerprint density at radius 3 is 2.54 bits per heavy atom. The minimum absolute atomic E-state index is 0.0527. The van der Waals surface area contributed by atoms with Gasteiger partial charge in [-0.05, 0) is 66.6 Å². The molecular formula is C24H30N2O2. The molecule has 2 aliphatic heterocycles. The van der Waals surface area contributed by atoms with Crippen molar-refractivity contribution in [3.63, 3.8) is 0 Å². The first-order valence-corrected chi connectivity index (χ1v) is 10.4. The molecule has 0 bridgehead atoms. The lowest BCUT2D eigenvalue weighted by Crippen LogP contribution is -2.28. The lowest BCUT2D eigenvalue weighted by molar-refractivity contribution is -0.135. The maximum atomic E-state index is 12.1. The van der Waals surface area contributed by atoms with E-state index in [2.05, 4.69) is 54.3 Å². The fourth-order valence-electron chi connectivity index (χ4n) is 4.43. The molecule has 0 aliphatic carbocycles. The second-order valence-corrected chi connectivity index (χ2v) is 8.14. The summed E-state index contributed by atoms with van der Waals surface area (Å²) in [6.07, 6.45) is 3.80. The zero-order chi connectivity index (χ0) is 19.5. The van der Waals surface area contributed by atoms with E-state index in [1.807, 2.05) is 4.90 Å². The van der Waals surface area contributed by atoms with Crippen molar-refractivity contribution < 1.29 is 9.53 Å². The van der Waals surface area contributed by atoms with Crippen LogP contribution in [0.2, 0.25) is 0 Å². The van der Waals surface area contributed by atoms with E-state index in [0.717, 1.165) is 19.0 Å². The van der Waals surface area contributed by atoms with E-state index in [9.17, 15) is 4.79 Å². The molecule has 1 fully saturated rings. The average molecular weight is 379 g/mol. The normalized spacial score (nSPS) is 19.2. The lowest BCUT2D eigenvalue weighted by Gasteiger charge is -2.20. The average Bonchev–Trinajstić information content (AvgIpc) is 3.32. The molecule has 2 aromatic carbocycles. The summed E-state index contributed by atoms with van der Waals surface area (Å²) in [5.41, 5.74) is 6.35. The van der Waals surface area contributed by atoms with Crippen LogP contribution in [0.15, 0.2) is 42.5 Å². The topological polar surface area (TPSA) is 32.8 Å². The molecule has 1 saturated heterocycles. The lowest BCUT2D eigenvalue weighted by atomic mass is 9.99. The number of carbonyl (C=O) groups is 1. The highest BCUT2D eigenvalue weighted by Crippen LogP contribution is 2.29. The number of hydrogen-bond donors (Lipinski definition) is 0. The predicted octanol–water partition coefficient (Wildman–Crippen LogP) is 3.87. The Kier molecular flexibility index (Phi) is 5.79. The van der Waals surface area contributed by atoms with E-state index < -0.39 is 0 Å². The standard InChI is InChI=1S/C24H30N2O2/c1-18-4-3-12-25(18)13-11-19-5-7-20(8-6-19)21-9-10-22-15-26(16-23(22)14-21)24(27)17-28-2/h5-10,14,18H,3-4,11-13,15-17H2,1-2H3. The molecule has 1 unspecified atom stereocenters. The highest BCUT2D eigenvalue weighted by molar-refractivity contribution is 5.78. The van der Waals surface area contributed by atoms with Gasteiger partial charge in [0, 0.05) is 32.8 Å². The quantitative estimate of drug-likeness (QED) is 0.765. The molecule has 0 N–H and O–H groups in total. The number of nitrogens with zero attached hydrogens (tertiary/aromatic N) is 2. The Labute approximate surface area is 168 Å². The molecule has 148 valence electrons. The summed E-state index contributed by atoms with van der Waals surface area (Å²) in [7, 11) is 1.56. The predicted molar refractivity (Wildman–Crippen MR) is 112 cm³/mol. The van der Waals surface area contributed by atoms with Crippen molar-refractivity contribution in [2.45, 2.75) is 45.3 Å². The molecule has 1 amide bonds. The van der Waals surface area contributed by atoms with Gasteiger partial charge in [-0.1, -0.05) is 36.4 Å². The first-order valence-electron chi connectivity index (χ1n) is 10.4. The molecule has 28 heavy (non-hydrogen) atoms. The van der Waals surface area contributed by atoms with Crippen LogP contribution in [0.5, 0.6) is 0 Å². The minimum atomic E-state index is 0.0527. The molecule has 4 heteroatoms. The number of rotatable bonds is 6. The molecule has 0 radical (unpaired) electrons. The van der Waals surface area contributed by atoms with E-state index in [0.29, 0.717) is 13.1 Å². The monoisotopic (exact) mass is 378 g/mol. The maximum Gasteiger partial charge on any atom is 0.249 e. The van der Waals surface area contributed by atoms with Crippen LogP contribution < -0.4 is 0 Å². The van der Waals surface area contributed by atoms with Crippen molar-refractivity contribution in [1.29, 1.82) is 0 Å². The second kappa shape index (κ2) is 8.46. The number of carbonyl (C=O) groups excluding carboxylic acids is 1. The summed E-state index contributed by atoms with van der Waals surface area (Å²) in [6.45, 7) is 6.26. The van der Waals surface area contributed by atoms with E-state index in [-0.39, 0.29) is 12.5 Å². The van der Waals surface area contributed by atoms with Crippen LogP contribution >= 0.6 is 0 Å². The number of likely N-dealkylation sites (tertiary alicyclic amines) is 1. The van der Waals surface area contributed by atoms with Crippen LogP contribution in [0.25, 0.3) is 11.1 Å². The summed E-state index contributed by atoms with van der Waals surface area (Å²) in [6, 6.07) is 16.3. The zero-order valence-electron chi connectivity index (χ0n) is 17.0. The highest BCUT2D eigenvalue weighted by atomic mass is 16.5. The molecule has 0 spiro atoms. The summed E-state index contributed by atoms with van der Waals surface area (Å²) < 4.78 is 4.98. The number of ether oxygens (including phenoxy) is 1. The van der Waals surface area contributed by atoms with Crippen LogP contribution in [0.4, 0.5) is 0 Å². The fourth-order valence-corrected chi connectivity index (χ4v) is 4.43. The third-order valence-electron chi connectivity index (χ3n) is 6.21. The van der Waals surface area contributed by atoms with Gasteiger partial charge in [-0.25, -0.2) is 0 Å². The van der Waals surface area contributed by atoms with Crippen molar-refractivity contribution >= 4 is 5.91 Å². The molecule has 2 aromatic rings. The summed E-state index contributed by atoms with van der Waals surface area (Å²) in [5.74, 6) is 0.0527. The van der Waals surface area contributed by atoms with Crippen LogP contribution in [0.1, 0.15) is 36.5 Å². The smallest absolute Gasteiger partial charge is 0.249 e. The minimum Gasteiger partial charge on any atom is -0.375 e. The van der Waals surface area contributed by atoms with Gasteiger partial charge in [0.05, 0.1) is 0 Å². The Balaban J connectivity index is 1.40. The second-order valence-electron chi connectivity index (χ2n) is 8.14. The Morgan fingerprint density at radius 2 is 1.82 bits per heavy atom. The van der Waals surface area contributed by atoms with E-state index >= 15 is 0 Å². The third kappa shape index (κ3) is 4.13. The number of fused-ring (bicyclic) bond motifs is 1. The largest absolute Gasteiger partial charge is 0.375 e. The molecule has 1 atom stereocenters. The van der Waals surface area contributed by atoms with Gasteiger partial charge >= 0.3 is 0 Å². The van der Waals surface area contributed by atoms with Gasteiger partial charge in [0.2, 0.25) is 5.91 Å². The van der Waals surface area contributed by atoms with Crippen LogP contribution in [0.3, 0.4) is 0 Å². The number of benzene rings is 2. The van der Waals surface area contributed by atoms with Crippen molar-refractivity contribution in [2.75, 3.05) is 26.8 Å². The van der Waals surface area contributed by atoms with Gasteiger partial charge in [-0.2, -0.15) is 0 Å². The summed E-state index contributed by atoms with van der Waals surface area (Å²) in [4.78, 5) is 16.5. The Bertz CT molecular complexity index is 831. The molecule has 4 nitrogen and oxygen atoms in total. The van der Waals surface area contributed by atoms with E-state index in [1.165, 1.54) is 47.2 Å². The van der Waals surface area contributed by atoms with Crippen LogP contribution in [0, 0.1) is 0 Å². The Morgan fingerprint density at radius 1 is 1.07 bits per heavy atom.